The minimum Gasteiger partial charge on any atom is -0.0840 e. The highest BCUT2D eigenvalue weighted by molar-refractivity contribution is 6.31. The fraction of sp³-hybridized carbons (Fsp3) is 0.111. The minimum absolute atomic E-state index is 0.736. The molecule has 1 radical (unpaired) electrons. The molecule has 0 nitrogen and oxygen atoms in total. The van der Waals surface area contributed by atoms with Crippen molar-refractivity contribution >= 4 is 11.6 Å². The Morgan fingerprint density at radius 1 is 1.40 bits per heavy atom. The van der Waals surface area contributed by atoms with Crippen molar-refractivity contribution < 1.29 is 0 Å². The summed E-state index contributed by atoms with van der Waals surface area (Å²) in [5, 5.41) is 0.782. The molecule has 0 aliphatic heterocycles. The van der Waals surface area contributed by atoms with Gasteiger partial charge in [-0.25, -0.2) is 0 Å². The van der Waals surface area contributed by atoms with Gasteiger partial charge in [-0.15, -0.1) is 0 Å². The van der Waals surface area contributed by atoms with Crippen molar-refractivity contribution in [2.24, 2.45) is 0 Å². The quantitative estimate of drug-likeness (QED) is 0.610. The van der Waals surface area contributed by atoms with Gasteiger partial charge in [0, 0.05) is 5.02 Å². The number of halogens is 1. The van der Waals surface area contributed by atoms with Crippen LogP contribution in [0.25, 0.3) is 0 Å². The molecule has 0 N–H and O–H groups in total. The average Bonchev–Trinajstić information content (AvgIpc) is 1.94. The van der Waals surface area contributed by atoms with E-state index in [9.17, 15) is 0 Å². The summed E-state index contributed by atoms with van der Waals surface area (Å²) in [6, 6.07) is 7.68. The summed E-state index contributed by atoms with van der Waals surface area (Å²) < 4.78 is 0. The van der Waals surface area contributed by atoms with E-state index in [4.69, 9.17) is 18.2 Å². The molecular formula is C9H8Cl. The summed E-state index contributed by atoms with van der Waals surface area (Å²) in [5.41, 5.74) is 1.08. The third-order valence-corrected chi connectivity index (χ3v) is 1.66. The predicted octanol–water partition coefficient (Wildman–Crippen LogP) is 2.87. The van der Waals surface area contributed by atoms with E-state index in [0.29, 0.717) is 0 Å². The van der Waals surface area contributed by atoms with Crippen molar-refractivity contribution in [3.8, 4) is 0 Å². The van der Waals surface area contributed by atoms with Gasteiger partial charge in [0.25, 0.3) is 0 Å². The third-order valence-electron chi connectivity index (χ3n) is 1.30. The van der Waals surface area contributed by atoms with E-state index < -0.39 is 0 Å². The Bertz CT molecular complexity index is 228. The summed E-state index contributed by atoms with van der Waals surface area (Å²) in [6.07, 6.45) is 2.33. The van der Waals surface area contributed by atoms with Crippen LogP contribution in [0, 0.1) is 6.58 Å². The standard InChI is InChI=1S/C9H8Cl/c1-2-5-8-6-3-4-7-9(8)10/h1-4,6-7H,5H2. The van der Waals surface area contributed by atoms with Gasteiger partial charge >= 0.3 is 0 Å². The van der Waals surface area contributed by atoms with E-state index in [1.807, 2.05) is 24.3 Å². The Morgan fingerprint density at radius 3 is 2.70 bits per heavy atom. The lowest BCUT2D eigenvalue weighted by Crippen LogP contribution is -1.79. The lowest BCUT2D eigenvalue weighted by Gasteiger charge is -1.97. The molecule has 10 heavy (non-hydrogen) atoms. The molecule has 0 aromatic heterocycles. The fourth-order valence-electron chi connectivity index (χ4n) is 0.791. The van der Waals surface area contributed by atoms with Crippen LogP contribution < -0.4 is 0 Å². The molecular weight excluding hydrogens is 144 g/mol. The van der Waals surface area contributed by atoms with E-state index in [1.54, 1.807) is 6.08 Å². The monoisotopic (exact) mass is 151 g/mol. The molecule has 1 rings (SSSR count). The first kappa shape index (κ1) is 7.36. The Kier molecular flexibility index (Phi) is 2.52. The van der Waals surface area contributed by atoms with Crippen LogP contribution in [0.4, 0.5) is 0 Å². The summed E-state index contributed by atoms with van der Waals surface area (Å²) in [6.45, 7) is 5.25. The SMILES string of the molecule is [CH]=CCc1ccccc1Cl. The molecule has 51 valence electrons. The van der Waals surface area contributed by atoms with Gasteiger partial charge in [0.15, 0.2) is 0 Å². The van der Waals surface area contributed by atoms with Crippen molar-refractivity contribution in [2.75, 3.05) is 0 Å². The van der Waals surface area contributed by atoms with Crippen LogP contribution in [-0.4, -0.2) is 0 Å². The molecule has 0 bridgehead atoms. The van der Waals surface area contributed by atoms with Gasteiger partial charge in [0.1, 0.15) is 0 Å². The maximum absolute atomic E-state index is 5.83. The Hall–Kier alpha value is -0.750. The number of allylic oxidation sites excluding steroid dienone is 1. The van der Waals surface area contributed by atoms with Crippen LogP contribution in [0.1, 0.15) is 5.56 Å². The normalized spacial score (nSPS) is 9.30. The van der Waals surface area contributed by atoms with Gasteiger partial charge in [0.05, 0.1) is 0 Å². The molecule has 0 atom stereocenters. The van der Waals surface area contributed by atoms with Crippen molar-refractivity contribution in [1.29, 1.82) is 0 Å². The second-order valence-corrected chi connectivity index (χ2v) is 2.44. The molecule has 0 fully saturated rings. The molecule has 1 heteroatoms. The molecule has 0 heterocycles. The smallest absolute Gasteiger partial charge is 0.0441 e. The topological polar surface area (TPSA) is 0 Å². The highest BCUT2D eigenvalue weighted by atomic mass is 35.5. The molecule has 0 amide bonds. The average molecular weight is 152 g/mol. The van der Waals surface area contributed by atoms with Gasteiger partial charge in [-0.05, 0) is 18.1 Å². The van der Waals surface area contributed by atoms with Crippen LogP contribution >= 0.6 is 11.6 Å². The molecule has 0 saturated carbocycles. The fourth-order valence-corrected chi connectivity index (χ4v) is 1.00. The first-order chi connectivity index (χ1) is 4.84. The van der Waals surface area contributed by atoms with Crippen LogP contribution in [0.2, 0.25) is 5.02 Å². The van der Waals surface area contributed by atoms with E-state index in [0.717, 1.165) is 17.0 Å². The first-order valence-corrected chi connectivity index (χ1v) is 3.49. The van der Waals surface area contributed by atoms with Crippen molar-refractivity contribution in [3.05, 3.63) is 47.5 Å². The van der Waals surface area contributed by atoms with Gasteiger partial charge < -0.3 is 0 Å². The van der Waals surface area contributed by atoms with E-state index in [-0.39, 0.29) is 0 Å². The van der Waals surface area contributed by atoms with E-state index in [1.165, 1.54) is 0 Å². The number of hydrogen-bond acceptors (Lipinski definition) is 0. The van der Waals surface area contributed by atoms with Crippen LogP contribution in [-0.2, 0) is 6.42 Å². The molecule has 0 spiro atoms. The Balaban J connectivity index is 2.91. The minimum atomic E-state index is 0.736. The van der Waals surface area contributed by atoms with Gasteiger partial charge in [-0.1, -0.05) is 42.5 Å². The van der Waals surface area contributed by atoms with Gasteiger partial charge in [-0.3, -0.25) is 0 Å². The summed E-state index contributed by atoms with van der Waals surface area (Å²) in [4.78, 5) is 0. The third kappa shape index (κ3) is 1.61. The summed E-state index contributed by atoms with van der Waals surface area (Å²) >= 11 is 5.83. The van der Waals surface area contributed by atoms with E-state index >= 15 is 0 Å². The predicted molar refractivity (Wildman–Crippen MR) is 44.0 cm³/mol. The van der Waals surface area contributed by atoms with E-state index in [2.05, 4.69) is 0 Å². The van der Waals surface area contributed by atoms with Crippen LogP contribution in [0.15, 0.2) is 30.3 Å². The van der Waals surface area contributed by atoms with Crippen LogP contribution in [0.5, 0.6) is 0 Å². The number of hydrogen-bond donors (Lipinski definition) is 0. The second-order valence-electron chi connectivity index (χ2n) is 2.03. The van der Waals surface area contributed by atoms with Crippen molar-refractivity contribution in [2.45, 2.75) is 6.42 Å². The zero-order chi connectivity index (χ0) is 7.40. The highest BCUT2D eigenvalue weighted by Crippen LogP contribution is 2.14. The molecule has 0 aliphatic carbocycles. The molecule has 0 aliphatic rings. The molecule has 1 aromatic carbocycles. The van der Waals surface area contributed by atoms with Crippen LogP contribution in [0.3, 0.4) is 0 Å². The lowest BCUT2D eigenvalue weighted by molar-refractivity contribution is 1.27. The molecule has 1 aromatic rings. The molecule has 0 saturated heterocycles. The maximum Gasteiger partial charge on any atom is 0.0441 e. The maximum atomic E-state index is 5.83. The van der Waals surface area contributed by atoms with Gasteiger partial charge in [0.2, 0.25) is 0 Å². The summed E-state index contributed by atoms with van der Waals surface area (Å²) in [7, 11) is 0. The van der Waals surface area contributed by atoms with Gasteiger partial charge in [-0.2, -0.15) is 0 Å². The first-order valence-electron chi connectivity index (χ1n) is 3.11. The lowest BCUT2D eigenvalue weighted by atomic mass is 10.1. The highest BCUT2D eigenvalue weighted by Gasteiger charge is 1.93. The largest absolute Gasteiger partial charge is 0.0840 e. The molecule has 0 unspecified atom stereocenters. The Labute approximate surface area is 66.1 Å². The summed E-state index contributed by atoms with van der Waals surface area (Å²) in [5.74, 6) is 0. The zero-order valence-corrected chi connectivity index (χ0v) is 6.31. The second kappa shape index (κ2) is 3.43. The number of rotatable bonds is 2. The van der Waals surface area contributed by atoms with Crippen molar-refractivity contribution in [1.82, 2.24) is 0 Å². The Morgan fingerprint density at radius 2 is 2.10 bits per heavy atom. The number of benzene rings is 1. The zero-order valence-electron chi connectivity index (χ0n) is 5.55. The van der Waals surface area contributed by atoms with Crippen molar-refractivity contribution in [3.63, 3.8) is 0 Å².